The van der Waals surface area contributed by atoms with Gasteiger partial charge in [0.1, 0.15) is 0 Å². The SMILES string of the molecule is Cl.Cl.O=[N+]([O-])c1ccc(CNCCNCCO)cc1. The highest BCUT2D eigenvalue weighted by molar-refractivity contribution is 5.85. The third-order valence-corrected chi connectivity index (χ3v) is 2.24. The van der Waals surface area contributed by atoms with Crippen molar-refractivity contribution in [2.75, 3.05) is 26.2 Å². The van der Waals surface area contributed by atoms with E-state index in [0.717, 1.165) is 18.7 Å². The van der Waals surface area contributed by atoms with Crippen molar-refractivity contribution in [1.82, 2.24) is 10.6 Å². The topological polar surface area (TPSA) is 87.4 Å². The first-order valence-corrected chi connectivity index (χ1v) is 5.49. The van der Waals surface area contributed by atoms with Crippen LogP contribution in [-0.2, 0) is 6.54 Å². The van der Waals surface area contributed by atoms with Crippen LogP contribution in [0.5, 0.6) is 0 Å². The maximum Gasteiger partial charge on any atom is 0.269 e. The number of hydrogen-bond donors (Lipinski definition) is 3. The van der Waals surface area contributed by atoms with Crippen LogP contribution in [-0.4, -0.2) is 36.3 Å². The lowest BCUT2D eigenvalue weighted by Gasteiger charge is -2.05. The van der Waals surface area contributed by atoms with Crippen molar-refractivity contribution in [2.24, 2.45) is 0 Å². The van der Waals surface area contributed by atoms with Gasteiger partial charge in [0.05, 0.1) is 11.5 Å². The predicted octanol–water partition coefficient (Wildman–Crippen LogP) is 1.11. The van der Waals surface area contributed by atoms with E-state index in [1.165, 1.54) is 12.1 Å². The van der Waals surface area contributed by atoms with Gasteiger partial charge in [-0.25, -0.2) is 0 Å². The molecule has 1 rings (SSSR count). The van der Waals surface area contributed by atoms with Crippen molar-refractivity contribution in [2.45, 2.75) is 6.54 Å². The molecule has 0 spiro atoms. The molecule has 0 aliphatic heterocycles. The normalized spacial score (nSPS) is 9.32. The zero-order chi connectivity index (χ0) is 12.5. The molecule has 0 saturated carbocycles. The standard InChI is InChI=1S/C11H17N3O3.2ClH/c15-8-7-12-5-6-13-9-10-1-3-11(4-2-10)14(16)17;;/h1-4,12-13,15H,5-9H2;2*1H. The Morgan fingerprint density at radius 3 is 2.16 bits per heavy atom. The molecule has 0 heterocycles. The molecule has 8 heteroatoms. The molecule has 0 atom stereocenters. The Balaban J connectivity index is 0. The smallest absolute Gasteiger partial charge is 0.269 e. The van der Waals surface area contributed by atoms with E-state index < -0.39 is 4.92 Å². The number of nitrogens with zero attached hydrogens (tertiary/aromatic N) is 1. The summed E-state index contributed by atoms with van der Waals surface area (Å²) in [5, 5.41) is 25.2. The van der Waals surface area contributed by atoms with Gasteiger partial charge >= 0.3 is 0 Å². The number of hydrogen-bond acceptors (Lipinski definition) is 5. The monoisotopic (exact) mass is 311 g/mol. The van der Waals surface area contributed by atoms with E-state index in [2.05, 4.69) is 10.6 Å². The van der Waals surface area contributed by atoms with Crippen molar-refractivity contribution < 1.29 is 10.0 Å². The van der Waals surface area contributed by atoms with E-state index in [4.69, 9.17) is 5.11 Å². The summed E-state index contributed by atoms with van der Waals surface area (Å²) in [6, 6.07) is 6.49. The average molecular weight is 312 g/mol. The van der Waals surface area contributed by atoms with Crippen LogP contribution in [0.1, 0.15) is 5.56 Å². The fraction of sp³-hybridized carbons (Fsp3) is 0.455. The minimum absolute atomic E-state index is 0. The maximum atomic E-state index is 10.4. The van der Waals surface area contributed by atoms with Gasteiger partial charge in [-0.3, -0.25) is 10.1 Å². The largest absolute Gasteiger partial charge is 0.395 e. The van der Waals surface area contributed by atoms with Gasteiger partial charge in [0.2, 0.25) is 0 Å². The highest BCUT2D eigenvalue weighted by atomic mass is 35.5. The van der Waals surface area contributed by atoms with E-state index in [9.17, 15) is 10.1 Å². The van der Waals surface area contributed by atoms with Gasteiger partial charge in [-0.2, -0.15) is 0 Å². The molecular weight excluding hydrogens is 293 g/mol. The summed E-state index contributed by atoms with van der Waals surface area (Å²) >= 11 is 0. The van der Waals surface area contributed by atoms with Gasteiger partial charge in [0, 0.05) is 38.3 Å². The molecule has 0 saturated heterocycles. The molecule has 1 aromatic rings. The number of nitrogens with one attached hydrogen (secondary N) is 2. The minimum atomic E-state index is -0.407. The van der Waals surface area contributed by atoms with Crippen LogP contribution in [0.3, 0.4) is 0 Å². The highest BCUT2D eigenvalue weighted by Gasteiger charge is 2.03. The molecule has 19 heavy (non-hydrogen) atoms. The fourth-order valence-corrected chi connectivity index (χ4v) is 1.35. The number of non-ortho nitro benzene ring substituents is 1. The van der Waals surface area contributed by atoms with Gasteiger partial charge in [-0.05, 0) is 5.56 Å². The summed E-state index contributed by atoms with van der Waals surface area (Å²) in [7, 11) is 0. The first-order valence-electron chi connectivity index (χ1n) is 5.49. The Labute approximate surface area is 124 Å². The van der Waals surface area contributed by atoms with Crippen molar-refractivity contribution in [1.29, 1.82) is 0 Å². The van der Waals surface area contributed by atoms with Gasteiger partial charge in [0.25, 0.3) is 5.69 Å². The van der Waals surface area contributed by atoms with Crippen LogP contribution in [0.25, 0.3) is 0 Å². The fourth-order valence-electron chi connectivity index (χ4n) is 1.35. The second kappa shape index (κ2) is 12.1. The summed E-state index contributed by atoms with van der Waals surface area (Å²) in [5.41, 5.74) is 1.12. The van der Waals surface area contributed by atoms with Crippen LogP contribution in [0, 0.1) is 10.1 Å². The second-order valence-electron chi connectivity index (χ2n) is 3.57. The molecule has 0 bridgehead atoms. The average Bonchev–Trinajstić information content (AvgIpc) is 2.34. The lowest BCUT2D eigenvalue weighted by molar-refractivity contribution is -0.384. The van der Waals surface area contributed by atoms with Gasteiger partial charge in [-0.15, -0.1) is 24.8 Å². The number of aliphatic hydroxyl groups excluding tert-OH is 1. The molecule has 0 aliphatic carbocycles. The number of nitro groups is 1. The van der Waals surface area contributed by atoms with E-state index in [1.807, 2.05) is 0 Å². The van der Waals surface area contributed by atoms with Gasteiger partial charge in [-0.1, -0.05) is 12.1 Å². The number of benzene rings is 1. The molecule has 0 amide bonds. The summed E-state index contributed by atoms with van der Waals surface area (Å²) in [6.07, 6.45) is 0. The molecule has 0 radical (unpaired) electrons. The zero-order valence-electron chi connectivity index (χ0n) is 10.4. The summed E-state index contributed by atoms with van der Waals surface area (Å²) in [5.74, 6) is 0. The molecule has 0 fully saturated rings. The van der Waals surface area contributed by atoms with Crippen LogP contribution in [0.15, 0.2) is 24.3 Å². The summed E-state index contributed by atoms with van der Waals surface area (Å²) < 4.78 is 0. The minimum Gasteiger partial charge on any atom is -0.395 e. The Morgan fingerprint density at radius 1 is 1.05 bits per heavy atom. The van der Waals surface area contributed by atoms with Crippen molar-refractivity contribution in [3.8, 4) is 0 Å². The zero-order valence-corrected chi connectivity index (χ0v) is 12.0. The molecule has 0 aliphatic rings. The van der Waals surface area contributed by atoms with Crippen LogP contribution in [0.4, 0.5) is 5.69 Å². The molecule has 6 nitrogen and oxygen atoms in total. The van der Waals surface area contributed by atoms with Crippen molar-refractivity contribution >= 4 is 30.5 Å². The second-order valence-corrected chi connectivity index (χ2v) is 3.57. The summed E-state index contributed by atoms with van der Waals surface area (Å²) in [4.78, 5) is 10.0. The lowest BCUT2D eigenvalue weighted by atomic mass is 10.2. The number of nitro benzene ring substituents is 1. The first kappa shape index (κ1) is 20.4. The first-order chi connectivity index (χ1) is 8.24. The molecule has 1 aromatic carbocycles. The van der Waals surface area contributed by atoms with Gasteiger partial charge < -0.3 is 15.7 Å². The lowest BCUT2D eigenvalue weighted by Crippen LogP contribution is -2.28. The van der Waals surface area contributed by atoms with E-state index in [-0.39, 0.29) is 37.1 Å². The molecule has 3 N–H and O–H groups in total. The van der Waals surface area contributed by atoms with E-state index in [0.29, 0.717) is 13.1 Å². The third-order valence-electron chi connectivity index (χ3n) is 2.24. The number of halogens is 2. The van der Waals surface area contributed by atoms with E-state index >= 15 is 0 Å². The van der Waals surface area contributed by atoms with Gasteiger partial charge in [0.15, 0.2) is 0 Å². The van der Waals surface area contributed by atoms with Crippen LogP contribution >= 0.6 is 24.8 Å². The maximum absolute atomic E-state index is 10.4. The number of aliphatic hydroxyl groups is 1. The Bertz CT molecular complexity index is 350. The molecular formula is C11H19Cl2N3O3. The molecule has 0 unspecified atom stereocenters. The predicted molar refractivity (Wildman–Crippen MR) is 79.3 cm³/mol. The molecule has 0 aromatic heterocycles. The van der Waals surface area contributed by atoms with E-state index in [1.54, 1.807) is 12.1 Å². The Morgan fingerprint density at radius 2 is 1.63 bits per heavy atom. The van der Waals surface area contributed by atoms with Crippen LogP contribution in [0.2, 0.25) is 0 Å². The summed E-state index contributed by atoms with van der Waals surface area (Å²) in [6.45, 7) is 2.99. The third kappa shape index (κ3) is 8.74. The van der Waals surface area contributed by atoms with Crippen molar-refractivity contribution in [3.63, 3.8) is 0 Å². The highest BCUT2D eigenvalue weighted by Crippen LogP contribution is 2.11. The Kier molecular flexibility index (Phi) is 13.0. The Hall–Kier alpha value is -0.920. The quantitative estimate of drug-likeness (QED) is 0.380. The van der Waals surface area contributed by atoms with Crippen LogP contribution < -0.4 is 10.6 Å². The number of rotatable bonds is 8. The molecule has 110 valence electrons. The van der Waals surface area contributed by atoms with Crippen molar-refractivity contribution in [3.05, 3.63) is 39.9 Å².